The Hall–Kier alpha value is -2.15. The predicted octanol–water partition coefficient (Wildman–Crippen LogP) is 4.15. The summed E-state index contributed by atoms with van der Waals surface area (Å²) in [6.45, 7) is 13.5. The lowest BCUT2D eigenvalue weighted by atomic mass is 10.1. The second-order valence-corrected chi connectivity index (χ2v) is 10.9. The average Bonchev–Trinajstić information content (AvgIpc) is 3.03. The number of amides is 1. The monoisotopic (exact) mass is 433 g/mol. The fraction of sp³-hybridized carbons (Fsp3) is 0.565. The van der Waals surface area contributed by atoms with E-state index in [0.29, 0.717) is 25.6 Å². The van der Waals surface area contributed by atoms with Crippen LogP contribution >= 0.6 is 0 Å². The zero-order chi connectivity index (χ0) is 22.5. The van der Waals surface area contributed by atoms with Gasteiger partial charge in [-0.1, -0.05) is 71.9 Å². The summed E-state index contributed by atoms with van der Waals surface area (Å²) in [6, 6.07) is 9.14. The molecule has 0 aliphatic rings. The zero-order valence-corrected chi connectivity index (χ0v) is 19.8. The molecule has 0 fully saturated rings. The lowest BCUT2D eigenvalue weighted by molar-refractivity contribution is -0.135. The van der Waals surface area contributed by atoms with Crippen LogP contribution in [0.4, 0.5) is 0 Å². The first-order valence-corrected chi connectivity index (χ1v) is 12.3. The number of sulfone groups is 1. The second-order valence-electron chi connectivity index (χ2n) is 9.05. The SMILES string of the molecule is CC(C)CN(Cc1cnc(S(=O)(=O)Cc2ccccc2)n1CC(C)C)C(=O)C(C)C. The van der Waals surface area contributed by atoms with Crippen LogP contribution in [0.25, 0.3) is 0 Å². The van der Waals surface area contributed by atoms with E-state index in [0.717, 1.165) is 11.3 Å². The van der Waals surface area contributed by atoms with Crippen LogP contribution in [-0.2, 0) is 33.5 Å². The fourth-order valence-electron chi connectivity index (χ4n) is 3.42. The Balaban J connectivity index is 2.41. The van der Waals surface area contributed by atoms with Crippen molar-refractivity contribution in [1.82, 2.24) is 14.5 Å². The molecule has 0 N–H and O–H groups in total. The summed E-state index contributed by atoms with van der Waals surface area (Å²) >= 11 is 0. The molecule has 7 heteroatoms. The first-order valence-electron chi connectivity index (χ1n) is 10.6. The second kappa shape index (κ2) is 10.2. The van der Waals surface area contributed by atoms with Gasteiger partial charge in [0.15, 0.2) is 0 Å². The van der Waals surface area contributed by atoms with E-state index in [1.165, 1.54) is 0 Å². The number of hydrogen-bond acceptors (Lipinski definition) is 4. The van der Waals surface area contributed by atoms with Gasteiger partial charge in [-0.15, -0.1) is 0 Å². The van der Waals surface area contributed by atoms with Crippen molar-refractivity contribution < 1.29 is 13.2 Å². The van der Waals surface area contributed by atoms with E-state index in [-0.39, 0.29) is 28.7 Å². The highest BCUT2D eigenvalue weighted by Crippen LogP contribution is 2.21. The summed E-state index contributed by atoms with van der Waals surface area (Å²) in [5.74, 6) is 0.405. The number of hydrogen-bond donors (Lipinski definition) is 0. The molecule has 166 valence electrons. The molecule has 0 bridgehead atoms. The minimum absolute atomic E-state index is 0.0645. The van der Waals surface area contributed by atoms with Gasteiger partial charge in [0.25, 0.3) is 0 Å². The van der Waals surface area contributed by atoms with Crippen LogP contribution < -0.4 is 0 Å². The maximum atomic E-state index is 13.2. The van der Waals surface area contributed by atoms with E-state index < -0.39 is 9.84 Å². The normalized spacial score (nSPS) is 12.2. The molecule has 0 saturated heterocycles. The minimum atomic E-state index is -3.62. The van der Waals surface area contributed by atoms with Gasteiger partial charge >= 0.3 is 0 Å². The first kappa shape index (κ1) is 24.1. The molecule has 0 aliphatic carbocycles. The molecular weight excluding hydrogens is 398 g/mol. The molecule has 0 spiro atoms. The van der Waals surface area contributed by atoms with Crippen molar-refractivity contribution in [2.24, 2.45) is 17.8 Å². The summed E-state index contributed by atoms with van der Waals surface area (Å²) in [5, 5.41) is 0.0801. The zero-order valence-electron chi connectivity index (χ0n) is 19.0. The van der Waals surface area contributed by atoms with Crippen molar-refractivity contribution >= 4 is 15.7 Å². The van der Waals surface area contributed by atoms with E-state index in [1.54, 1.807) is 22.9 Å². The third-order valence-electron chi connectivity index (χ3n) is 4.67. The van der Waals surface area contributed by atoms with Crippen molar-refractivity contribution in [2.75, 3.05) is 6.54 Å². The topological polar surface area (TPSA) is 72.3 Å². The van der Waals surface area contributed by atoms with Gasteiger partial charge in [0.05, 0.1) is 24.2 Å². The molecule has 0 saturated carbocycles. The molecule has 1 aromatic carbocycles. The Morgan fingerprint density at radius 3 is 2.20 bits per heavy atom. The van der Waals surface area contributed by atoms with Gasteiger partial charge in [-0.3, -0.25) is 4.79 Å². The molecular formula is C23H35N3O3S. The molecule has 1 aromatic heterocycles. The van der Waals surface area contributed by atoms with Crippen LogP contribution in [0.2, 0.25) is 0 Å². The van der Waals surface area contributed by atoms with E-state index in [1.807, 2.05) is 50.8 Å². The standard InChI is InChI=1S/C23H35N3O3S/c1-17(2)13-25(22(27)19(5)6)15-21-12-24-23(26(21)14-18(3)4)30(28,29)16-20-10-8-7-9-11-20/h7-12,17-19H,13-16H2,1-6H3. The number of nitrogens with zero attached hydrogens (tertiary/aromatic N) is 3. The van der Waals surface area contributed by atoms with Crippen molar-refractivity contribution in [3.63, 3.8) is 0 Å². The Kier molecular flexibility index (Phi) is 8.24. The fourth-order valence-corrected chi connectivity index (χ4v) is 4.92. The van der Waals surface area contributed by atoms with Crippen molar-refractivity contribution in [1.29, 1.82) is 0 Å². The lowest BCUT2D eigenvalue weighted by Crippen LogP contribution is -2.37. The molecule has 30 heavy (non-hydrogen) atoms. The first-order chi connectivity index (χ1) is 14.0. The minimum Gasteiger partial charge on any atom is -0.336 e. The summed E-state index contributed by atoms with van der Waals surface area (Å²) in [4.78, 5) is 18.9. The van der Waals surface area contributed by atoms with Crippen LogP contribution in [0, 0.1) is 17.8 Å². The molecule has 2 rings (SSSR count). The summed E-state index contributed by atoms with van der Waals surface area (Å²) in [7, 11) is -3.62. The van der Waals surface area contributed by atoms with Gasteiger partial charge < -0.3 is 9.47 Å². The van der Waals surface area contributed by atoms with Gasteiger partial charge in [-0.2, -0.15) is 0 Å². The van der Waals surface area contributed by atoms with Crippen LogP contribution in [-0.4, -0.2) is 35.3 Å². The molecule has 6 nitrogen and oxygen atoms in total. The highest BCUT2D eigenvalue weighted by atomic mass is 32.2. The third kappa shape index (κ3) is 6.42. The summed E-state index contributed by atoms with van der Waals surface area (Å²) in [5.41, 5.74) is 1.49. The maximum Gasteiger partial charge on any atom is 0.228 e. The largest absolute Gasteiger partial charge is 0.336 e. The van der Waals surface area contributed by atoms with Crippen molar-refractivity contribution in [2.45, 2.75) is 65.5 Å². The number of aromatic nitrogens is 2. The predicted molar refractivity (Wildman–Crippen MR) is 119 cm³/mol. The number of imidazole rings is 1. The van der Waals surface area contributed by atoms with Gasteiger partial charge in [-0.05, 0) is 17.4 Å². The molecule has 1 heterocycles. The molecule has 0 aliphatic heterocycles. The van der Waals surface area contributed by atoms with Gasteiger partial charge in [0, 0.05) is 19.0 Å². The average molecular weight is 434 g/mol. The van der Waals surface area contributed by atoms with E-state index in [4.69, 9.17) is 0 Å². The van der Waals surface area contributed by atoms with Crippen molar-refractivity contribution in [3.8, 4) is 0 Å². The Bertz CT molecular complexity index is 932. The van der Waals surface area contributed by atoms with E-state index >= 15 is 0 Å². The Morgan fingerprint density at radius 2 is 1.67 bits per heavy atom. The van der Waals surface area contributed by atoms with Gasteiger partial charge in [-0.25, -0.2) is 13.4 Å². The maximum absolute atomic E-state index is 13.2. The third-order valence-corrected chi connectivity index (χ3v) is 6.27. The van der Waals surface area contributed by atoms with Crippen LogP contribution in [0.15, 0.2) is 41.7 Å². The quantitative estimate of drug-likeness (QED) is 0.564. The molecule has 2 aromatic rings. The summed E-state index contributed by atoms with van der Waals surface area (Å²) in [6.07, 6.45) is 1.61. The van der Waals surface area contributed by atoms with Crippen molar-refractivity contribution in [3.05, 3.63) is 47.8 Å². The molecule has 1 amide bonds. The van der Waals surface area contributed by atoms with E-state index in [9.17, 15) is 13.2 Å². The Morgan fingerprint density at radius 1 is 1.03 bits per heavy atom. The van der Waals surface area contributed by atoms with Gasteiger partial charge in [0.1, 0.15) is 0 Å². The number of carbonyl (C=O) groups excluding carboxylic acids is 1. The van der Waals surface area contributed by atoms with Crippen LogP contribution in [0.5, 0.6) is 0 Å². The van der Waals surface area contributed by atoms with Crippen LogP contribution in [0.1, 0.15) is 52.8 Å². The smallest absolute Gasteiger partial charge is 0.228 e. The Labute approximate surface area is 181 Å². The number of carbonyl (C=O) groups is 1. The van der Waals surface area contributed by atoms with Gasteiger partial charge in [0.2, 0.25) is 20.9 Å². The molecule has 0 atom stereocenters. The number of benzene rings is 1. The highest BCUT2D eigenvalue weighted by Gasteiger charge is 2.26. The number of rotatable bonds is 10. The molecule has 0 radical (unpaired) electrons. The molecule has 0 unspecified atom stereocenters. The highest BCUT2D eigenvalue weighted by molar-refractivity contribution is 7.90. The van der Waals surface area contributed by atoms with Crippen LogP contribution in [0.3, 0.4) is 0 Å². The van der Waals surface area contributed by atoms with E-state index in [2.05, 4.69) is 18.8 Å². The lowest BCUT2D eigenvalue weighted by Gasteiger charge is -2.27. The summed E-state index contributed by atoms with van der Waals surface area (Å²) < 4.78 is 28.1.